The van der Waals surface area contributed by atoms with Gasteiger partial charge in [-0.05, 0) is 59.1 Å². The molecule has 0 atom stereocenters. The van der Waals surface area contributed by atoms with Crippen LogP contribution in [0.2, 0.25) is 10.2 Å². The fourth-order valence-electron chi connectivity index (χ4n) is 2.26. The standard InChI is InChI=1S/C16H11BrCl2N2/c1-8-6-11-14(12(17)7-8)20-16(21-15(11)19)10-4-3-5-13(18)9(10)2/h3-7H,1-2H3. The van der Waals surface area contributed by atoms with Crippen molar-refractivity contribution in [2.45, 2.75) is 13.8 Å². The molecule has 0 saturated carbocycles. The van der Waals surface area contributed by atoms with Crippen LogP contribution in [0.1, 0.15) is 11.1 Å². The third kappa shape index (κ3) is 2.66. The molecule has 0 aliphatic heterocycles. The maximum Gasteiger partial charge on any atom is 0.161 e. The molecule has 0 bridgehead atoms. The van der Waals surface area contributed by atoms with Gasteiger partial charge in [-0.1, -0.05) is 35.3 Å². The lowest BCUT2D eigenvalue weighted by Crippen LogP contribution is -1.95. The molecular weight excluding hydrogens is 371 g/mol. The monoisotopic (exact) mass is 380 g/mol. The molecule has 0 spiro atoms. The van der Waals surface area contributed by atoms with Gasteiger partial charge in [0.1, 0.15) is 5.15 Å². The maximum absolute atomic E-state index is 6.34. The number of benzene rings is 2. The molecule has 1 heterocycles. The summed E-state index contributed by atoms with van der Waals surface area (Å²) in [6.07, 6.45) is 0. The van der Waals surface area contributed by atoms with E-state index in [-0.39, 0.29) is 0 Å². The number of halogens is 3. The highest BCUT2D eigenvalue weighted by Gasteiger charge is 2.13. The van der Waals surface area contributed by atoms with E-state index in [1.165, 1.54) is 0 Å². The number of hydrogen-bond acceptors (Lipinski definition) is 2. The minimum absolute atomic E-state index is 0.443. The normalized spacial score (nSPS) is 11.1. The van der Waals surface area contributed by atoms with Gasteiger partial charge in [0.25, 0.3) is 0 Å². The second kappa shape index (κ2) is 5.56. The van der Waals surface area contributed by atoms with Crippen LogP contribution in [0.25, 0.3) is 22.3 Å². The Labute approximate surface area is 141 Å². The quantitative estimate of drug-likeness (QED) is 0.484. The fourth-order valence-corrected chi connectivity index (χ4v) is 3.32. The minimum atomic E-state index is 0.443. The van der Waals surface area contributed by atoms with E-state index in [1.807, 2.05) is 44.2 Å². The van der Waals surface area contributed by atoms with Crippen molar-refractivity contribution in [1.82, 2.24) is 9.97 Å². The van der Waals surface area contributed by atoms with Crippen LogP contribution in [0.15, 0.2) is 34.8 Å². The molecule has 1 aromatic heterocycles. The first-order valence-electron chi connectivity index (χ1n) is 6.36. The van der Waals surface area contributed by atoms with Gasteiger partial charge in [-0.2, -0.15) is 0 Å². The molecule has 5 heteroatoms. The lowest BCUT2D eigenvalue weighted by atomic mass is 10.1. The van der Waals surface area contributed by atoms with Crippen LogP contribution in [-0.4, -0.2) is 9.97 Å². The predicted molar refractivity (Wildman–Crippen MR) is 92.2 cm³/mol. The molecule has 0 unspecified atom stereocenters. The Hall–Kier alpha value is -1.16. The Morgan fingerprint density at radius 3 is 2.57 bits per heavy atom. The smallest absolute Gasteiger partial charge is 0.161 e. The molecule has 0 amide bonds. The molecule has 0 radical (unpaired) electrons. The van der Waals surface area contributed by atoms with E-state index in [0.29, 0.717) is 16.0 Å². The fraction of sp³-hybridized carbons (Fsp3) is 0.125. The first-order chi connectivity index (χ1) is 9.97. The molecule has 0 aliphatic rings. The van der Waals surface area contributed by atoms with Crippen LogP contribution in [0, 0.1) is 13.8 Å². The largest absolute Gasteiger partial charge is 0.227 e. The number of nitrogens with zero attached hydrogens (tertiary/aromatic N) is 2. The van der Waals surface area contributed by atoms with Gasteiger partial charge < -0.3 is 0 Å². The van der Waals surface area contributed by atoms with Gasteiger partial charge in [-0.3, -0.25) is 0 Å². The summed E-state index contributed by atoms with van der Waals surface area (Å²) >= 11 is 16.1. The minimum Gasteiger partial charge on any atom is -0.227 e. The molecular formula is C16H11BrCl2N2. The van der Waals surface area contributed by atoms with Gasteiger partial charge >= 0.3 is 0 Å². The van der Waals surface area contributed by atoms with Crippen LogP contribution >= 0.6 is 39.1 Å². The molecule has 3 rings (SSSR count). The summed E-state index contributed by atoms with van der Waals surface area (Å²) < 4.78 is 0.905. The zero-order valence-corrected chi connectivity index (χ0v) is 14.5. The molecule has 0 fully saturated rings. The van der Waals surface area contributed by atoms with Crippen molar-refractivity contribution >= 4 is 50.0 Å². The van der Waals surface area contributed by atoms with Gasteiger partial charge in [-0.25, -0.2) is 9.97 Å². The highest BCUT2D eigenvalue weighted by Crippen LogP contribution is 2.32. The summed E-state index contributed by atoms with van der Waals surface area (Å²) in [6.45, 7) is 3.96. The molecule has 2 nitrogen and oxygen atoms in total. The third-order valence-corrected chi connectivity index (χ3v) is 4.66. The average molecular weight is 382 g/mol. The highest BCUT2D eigenvalue weighted by molar-refractivity contribution is 9.10. The van der Waals surface area contributed by atoms with Crippen molar-refractivity contribution in [1.29, 1.82) is 0 Å². The lowest BCUT2D eigenvalue weighted by molar-refractivity contribution is 1.21. The van der Waals surface area contributed by atoms with Crippen molar-refractivity contribution in [3.63, 3.8) is 0 Å². The van der Waals surface area contributed by atoms with Gasteiger partial charge in [0.2, 0.25) is 0 Å². The Kier molecular flexibility index (Phi) is 3.91. The zero-order valence-electron chi connectivity index (χ0n) is 11.4. The number of fused-ring (bicyclic) bond motifs is 1. The van der Waals surface area contributed by atoms with Crippen LogP contribution in [0.4, 0.5) is 0 Å². The Morgan fingerprint density at radius 2 is 1.81 bits per heavy atom. The van der Waals surface area contributed by atoms with E-state index in [4.69, 9.17) is 23.2 Å². The zero-order chi connectivity index (χ0) is 15.1. The molecule has 21 heavy (non-hydrogen) atoms. The maximum atomic E-state index is 6.34. The number of aryl methyl sites for hydroxylation is 1. The highest BCUT2D eigenvalue weighted by atomic mass is 79.9. The second-order valence-electron chi connectivity index (χ2n) is 4.89. The summed E-state index contributed by atoms with van der Waals surface area (Å²) in [5.74, 6) is 0.581. The SMILES string of the molecule is Cc1cc(Br)c2nc(-c3cccc(Cl)c3C)nc(Cl)c2c1. The first-order valence-corrected chi connectivity index (χ1v) is 7.91. The molecule has 0 aliphatic carbocycles. The molecule has 0 N–H and O–H groups in total. The topological polar surface area (TPSA) is 25.8 Å². The van der Waals surface area contributed by atoms with E-state index in [1.54, 1.807) is 0 Å². The van der Waals surface area contributed by atoms with Crippen molar-refractivity contribution < 1.29 is 0 Å². The average Bonchev–Trinajstić information content (AvgIpc) is 2.43. The first kappa shape index (κ1) is 14.8. The van der Waals surface area contributed by atoms with E-state index in [9.17, 15) is 0 Å². The summed E-state index contributed by atoms with van der Waals surface area (Å²) in [4.78, 5) is 9.08. The lowest BCUT2D eigenvalue weighted by Gasteiger charge is -2.10. The Morgan fingerprint density at radius 1 is 1.05 bits per heavy atom. The summed E-state index contributed by atoms with van der Waals surface area (Å²) in [6, 6.07) is 9.68. The van der Waals surface area contributed by atoms with Gasteiger partial charge in [0.05, 0.1) is 5.52 Å². The van der Waals surface area contributed by atoms with Gasteiger partial charge in [0, 0.05) is 20.4 Å². The van der Waals surface area contributed by atoms with Crippen molar-refractivity contribution in [2.75, 3.05) is 0 Å². The Bertz CT molecular complexity index is 863. The summed E-state index contributed by atoms with van der Waals surface area (Å²) in [5.41, 5.74) is 3.73. The third-order valence-electron chi connectivity index (χ3n) is 3.36. The van der Waals surface area contributed by atoms with E-state index in [0.717, 1.165) is 32.1 Å². The van der Waals surface area contributed by atoms with Crippen molar-refractivity contribution in [3.05, 3.63) is 56.1 Å². The predicted octanol–water partition coefficient (Wildman–Crippen LogP) is 5.98. The van der Waals surface area contributed by atoms with E-state index >= 15 is 0 Å². The molecule has 2 aromatic carbocycles. The summed E-state index contributed by atoms with van der Waals surface area (Å²) in [7, 11) is 0. The second-order valence-corrected chi connectivity index (χ2v) is 6.51. The van der Waals surface area contributed by atoms with Crippen LogP contribution < -0.4 is 0 Å². The van der Waals surface area contributed by atoms with E-state index in [2.05, 4.69) is 25.9 Å². The number of rotatable bonds is 1. The van der Waals surface area contributed by atoms with Crippen LogP contribution in [-0.2, 0) is 0 Å². The summed E-state index contributed by atoms with van der Waals surface area (Å²) in [5, 5.41) is 1.97. The van der Waals surface area contributed by atoms with Crippen molar-refractivity contribution in [2.24, 2.45) is 0 Å². The number of hydrogen-bond donors (Lipinski definition) is 0. The van der Waals surface area contributed by atoms with Crippen LogP contribution in [0.5, 0.6) is 0 Å². The van der Waals surface area contributed by atoms with E-state index < -0.39 is 0 Å². The van der Waals surface area contributed by atoms with Crippen molar-refractivity contribution in [3.8, 4) is 11.4 Å². The van der Waals surface area contributed by atoms with Gasteiger partial charge in [-0.15, -0.1) is 0 Å². The Balaban J connectivity index is 2.33. The van der Waals surface area contributed by atoms with Gasteiger partial charge in [0.15, 0.2) is 5.82 Å². The molecule has 106 valence electrons. The molecule has 3 aromatic rings. The van der Waals surface area contributed by atoms with Crippen LogP contribution in [0.3, 0.4) is 0 Å². The molecule has 0 saturated heterocycles. The number of aromatic nitrogens is 2.